The highest BCUT2D eigenvalue weighted by molar-refractivity contribution is 6.18. The molecule has 0 spiro atoms. The van der Waals surface area contributed by atoms with E-state index in [9.17, 15) is 0 Å². The van der Waals surface area contributed by atoms with Crippen LogP contribution in [0.15, 0.2) is 194 Å². The van der Waals surface area contributed by atoms with E-state index in [0.717, 1.165) is 50.6 Å². The quantitative estimate of drug-likeness (QED) is 0.178. The van der Waals surface area contributed by atoms with Crippen molar-refractivity contribution in [2.24, 2.45) is 0 Å². The van der Waals surface area contributed by atoms with Gasteiger partial charge in [0, 0.05) is 27.8 Å². The number of rotatable bonds is 6. The van der Waals surface area contributed by atoms with Gasteiger partial charge in [0.2, 0.25) is 0 Å². The first kappa shape index (κ1) is 30.8. The van der Waals surface area contributed by atoms with E-state index in [2.05, 4.69) is 168 Å². The minimum absolute atomic E-state index is 0.0264. The van der Waals surface area contributed by atoms with E-state index in [1.54, 1.807) is 0 Å². The summed E-state index contributed by atoms with van der Waals surface area (Å²) in [7, 11) is 0. The van der Waals surface area contributed by atoms with Gasteiger partial charge in [-0.05, 0) is 69.2 Å². The molecule has 4 nitrogen and oxygen atoms in total. The first-order chi connectivity index (χ1) is 26.3. The molecule has 8 aromatic carbocycles. The summed E-state index contributed by atoms with van der Waals surface area (Å²) in [5.41, 5.74) is 11.9. The van der Waals surface area contributed by atoms with Crippen LogP contribution in [0.3, 0.4) is 0 Å². The van der Waals surface area contributed by atoms with Crippen LogP contribution >= 0.6 is 0 Å². The Kier molecular flexibility index (Phi) is 7.51. The summed E-state index contributed by atoms with van der Waals surface area (Å²) < 4.78 is 0. The van der Waals surface area contributed by atoms with Crippen LogP contribution < -0.4 is 10.2 Å². The van der Waals surface area contributed by atoms with E-state index >= 15 is 0 Å². The van der Waals surface area contributed by atoms with Crippen molar-refractivity contribution in [1.82, 2.24) is 9.97 Å². The molecule has 1 N–H and O–H groups in total. The van der Waals surface area contributed by atoms with Gasteiger partial charge in [0.15, 0.2) is 5.82 Å². The molecule has 0 fully saturated rings. The van der Waals surface area contributed by atoms with Gasteiger partial charge in [-0.1, -0.05) is 158 Å². The van der Waals surface area contributed by atoms with Gasteiger partial charge in [-0.2, -0.15) is 0 Å². The predicted molar refractivity (Wildman–Crippen MR) is 220 cm³/mol. The first-order valence-corrected chi connectivity index (χ1v) is 18.0. The molecule has 0 bridgehead atoms. The molecule has 0 saturated heterocycles. The van der Waals surface area contributed by atoms with Crippen LogP contribution in [0.5, 0.6) is 0 Å². The minimum Gasteiger partial charge on any atom is -0.359 e. The van der Waals surface area contributed by atoms with Gasteiger partial charge in [0.05, 0.1) is 22.8 Å². The zero-order valence-corrected chi connectivity index (χ0v) is 28.9. The Morgan fingerprint density at radius 1 is 0.434 bits per heavy atom. The zero-order chi connectivity index (χ0) is 35.1. The monoisotopic (exact) mass is 678 g/mol. The van der Waals surface area contributed by atoms with Crippen molar-refractivity contribution in [3.05, 3.63) is 200 Å². The highest BCUT2D eigenvalue weighted by atomic mass is 15.3. The summed E-state index contributed by atoms with van der Waals surface area (Å²) in [6.07, 6.45) is -0.0264. The smallest absolute Gasteiger partial charge is 0.160 e. The second kappa shape index (κ2) is 12.9. The molecule has 0 radical (unpaired) electrons. The Bertz CT molecular complexity index is 2690. The molecular formula is C49H34N4. The second-order valence-electron chi connectivity index (χ2n) is 13.5. The Balaban J connectivity index is 1.07. The lowest BCUT2D eigenvalue weighted by Crippen LogP contribution is -2.23. The first-order valence-electron chi connectivity index (χ1n) is 18.0. The van der Waals surface area contributed by atoms with Crippen LogP contribution in [0.25, 0.3) is 66.6 Å². The molecular weight excluding hydrogens is 645 g/mol. The van der Waals surface area contributed by atoms with Gasteiger partial charge in [-0.3, -0.25) is 0 Å². The average Bonchev–Trinajstić information content (AvgIpc) is 3.64. The number of nitrogens with one attached hydrogen (secondary N) is 1. The molecule has 1 unspecified atom stereocenters. The van der Waals surface area contributed by atoms with Crippen molar-refractivity contribution in [3.8, 4) is 45.0 Å². The Labute approximate surface area is 308 Å². The maximum atomic E-state index is 5.09. The van der Waals surface area contributed by atoms with E-state index in [1.165, 1.54) is 32.8 Å². The van der Waals surface area contributed by atoms with Crippen molar-refractivity contribution in [3.63, 3.8) is 0 Å². The number of benzene rings is 8. The number of hydrogen-bond donors (Lipinski definition) is 1. The predicted octanol–water partition coefficient (Wildman–Crippen LogP) is 12.7. The summed E-state index contributed by atoms with van der Waals surface area (Å²) >= 11 is 0. The van der Waals surface area contributed by atoms with Gasteiger partial charge in [-0.25, -0.2) is 9.97 Å². The lowest BCUT2D eigenvalue weighted by Gasteiger charge is -2.27. The van der Waals surface area contributed by atoms with Gasteiger partial charge in [0.25, 0.3) is 0 Å². The van der Waals surface area contributed by atoms with E-state index in [4.69, 9.17) is 9.97 Å². The van der Waals surface area contributed by atoms with Crippen molar-refractivity contribution < 1.29 is 0 Å². The Morgan fingerprint density at radius 2 is 1.00 bits per heavy atom. The average molecular weight is 679 g/mol. The van der Waals surface area contributed by atoms with Crippen LogP contribution in [0.2, 0.25) is 0 Å². The SMILES string of the molecule is c1ccc(-c2cc(-c3ccccc3)nc(-c3cccc(-c4ccc5c(ccc6ccc7c(c65)NC(c5ccccc5)N7c5ccccc5)c4)c3)n2)cc1. The maximum Gasteiger partial charge on any atom is 0.160 e. The number of nitrogens with zero attached hydrogens (tertiary/aromatic N) is 3. The van der Waals surface area contributed by atoms with Crippen LogP contribution in [0, 0.1) is 0 Å². The third kappa shape index (κ3) is 5.58. The third-order valence-electron chi connectivity index (χ3n) is 10.2. The van der Waals surface area contributed by atoms with E-state index in [0.29, 0.717) is 5.82 Å². The molecule has 10 rings (SSSR count). The summed E-state index contributed by atoms with van der Waals surface area (Å²) in [6, 6.07) is 68.5. The zero-order valence-electron chi connectivity index (χ0n) is 28.9. The molecule has 0 amide bonds. The fourth-order valence-corrected chi connectivity index (χ4v) is 7.68. The van der Waals surface area contributed by atoms with Crippen molar-refractivity contribution in [2.45, 2.75) is 6.17 Å². The van der Waals surface area contributed by atoms with Crippen molar-refractivity contribution in [1.29, 1.82) is 0 Å². The molecule has 1 aliphatic rings. The highest BCUT2D eigenvalue weighted by Crippen LogP contribution is 2.50. The van der Waals surface area contributed by atoms with Gasteiger partial charge < -0.3 is 10.2 Å². The number of aromatic nitrogens is 2. The van der Waals surface area contributed by atoms with Crippen molar-refractivity contribution >= 4 is 38.6 Å². The van der Waals surface area contributed by atoms with Crippen LogP contribution in [-0.4, -0.2) is 9.97 Å². The molecule has 1 aromatic heterocycles. The molecule has 4 heteroatoms. The van der Waals surface area contributed by atoms with Crippen molar-refractivity contribution in [2.75, 3.05) is 10.2 Å². The highest BCUT2D eigenvalue weighted by Gasteiger charge is 2.32. The van der Waals surface area contributed by atoms with E-state index in [1.807, 2.05) is 36.4 Å². The van der Waals surface area contributed by atoms with Crippen LogP contribution in [0.4, 0.5) is 17.1 Å². The molecule has 0 saturated carbocycles. The number of anilines is 3. The van der Waals surface area contributed by atoms with Gasteiger partial charge in [0.1, 0.15) is 6.17 Å². The van der Waals surface area contributed by atoms with E-state index in [-0.39, 0.29) is 6.17 Å². The topological polar surface area (TPSA) is 41.1 Å². The lowest BCUT2D eigenvalue weighted by molar-refractivity contribution is 0.828. The molecule has 2 heterocycles. The summed E-state index contributed by atoms with van der Waals surface area (Å²) in [4.78, 5) is 12.6. The van der Waals surface area contributed by atoms with Gasteiger partial charge >= 0.3 is 0 Å². The summed E-state index contributed by atoms with van der Waals surface area (Å²) in [6.45, 7) is 0. The molecule has 250 valence electrons. The Hall–Kier alpha value is -7.04. The lowest BCUT2D eigenvalue weighted by atomic mass is 9.95. The Morgan fingerprint density at radius 3 is 1.70 bits per heavy atom. The number of fused-ring (bicyclic) bond motifs is 5. The van der Waals surface area contributed by atoms with Gasteiger partial charge in [-0.15, -0.1) is 0 Å². The molecule has 53 heavy (non-hydrogen) atoms. The molecule has 0 aliphatic carbocycles. The molecule has 1 atom stereocenters. The van der Waals surface area contributed by atoms with E-state index < -0.39 is 0 Å². The fraction of sp³-hybridized carbons (Fsp3) is 0.0204. The molecule has 9 aromatic rings. The number of hydrogen-bond acceptors (Lipinski definition) is 4. The van der Waals surface area contributed by atoms with Crippen LogP contribution in [-0.2, 0) is 0 Å². The second-order valence-corrected chi connectivity index (χ2v) is 13.5. The largest absolute Gasteiger partial charge is 0.359 e. The third-order valence-corrected chi connectivity index (χ3v) is 10.2. The standard InChI is InChI=1S/C49H34N4/c1-5-14-33(15-6-1)43-32-44(34-16-7-2-8-17-34)51-48(50-43)40-21-13-20-37(31-40)38-26-28-42-39(30-38)25-24-35-27-29-45-47(46(35)42)52-49(36-18-9-3-10-19-36)53(45)41-22-11-4-12-23-41/h1-32,49,52H. The number of para-hydroxylation sites is 1. The summed E-state index contributed by atoms with van der Waals surface area (Å²) in [5, 5.41) is 8.81. The summed E-state index contributed by atoms with van der Waals surface area (Å²) in [5.74, 6) is 0.705. The minimum atomic E-state index is -0.0264. The normalized spacial score (nSPS) is 13.6. The van der Waals surface area contributed by atoms with Crippen LogP contribution in [0.1, 0.15) is 11.7 Å². The fourth-order valence-electron chi connectivity index (χ4n) is 7.68. The maximum absolute atomic E-state index is 5.09. The molecule has 1 aliphatic heterocycles.